The second kappa shape index (κ2) is 7.96. The molecule has 2 amide bonds. The summed E-state index contributed by atoms with van der Waals surface area (Å²) in [7, 11) is 0. The van der Waals surface area contributed by atoms with Crippen molar-refractivity contribution in [2.45, 2.75) is 26.3 Å². The first-order chi connectivity index (χ1) is 15.1. The molecule has 0 atom stereocenters. The van der Waals surface area contributed by atoms with Crippen molar-refractivity contribution in [3.05, 3.63) is 70.2 Å². The van der Waals surface area contributed by atoms with Gasteiger partial charge in [0.15, 0.2) is 5.65 Å². The maximum absolute atomic E-state index is 13.1. The van der Waals surface area contributed by atoms with Gasteiger partial charge in [-0.15, -0.1) is 11.3 Å². The van der Waals surface area contributed by atoms with Crippen LogP contribution >= 0.6 is 11.3 Å². The monoisotopic (exact) mass is 431 g/mol. The van der Waals surface area contributed by atoms with Gasteiger partial charge in [0.2, 0.25) is 5.91 Å². The summed E-state index contributed by atoms with van der Waals surface area (Å²) in [6.45, 7) is 2.48. The zero-order chi connectivity index (χ0) is 21.4. The smallest absolute Gasteiger partial charge is 0.256 e. The van der Waals surface area contributed by atoms with Gasteiger partial charge in [0.25, 0.3) is 5.91 Å². The van der Waals surface area contributed by atoms with Crippen molar-refractivity contribution in [1.82, 2.24) is 14.8 Å². The van der Waals surface area contributed by atoms with Gasteiger partial charge in [-0.1, -0.05) is 12.1 Å². The Morgan fingerprint density at radius 2 is 1.94 bits per heavy atom. The molecule has 0 saturated heterocycles. The van der Waals surface area contributed by atoms with E-state index in [9.17, 15) is 9.59 Å². The lowest BCUT2D eigenvalue weighted by molar-refractivity contribution is -0.117. The molecule has 2 N–H and O–H groups in total. The normalized spacial score (nSPS) is 13.3. The fourth-order valence-corrected chi connectivity index (χ4v) is 4.18. The molecule has 0 aliphatic heterocycles. The lowest BCUT2D eigenvalue weighted by atomic mass is 10.1. The number of nitrogens with zero attached hydrogens (tertiary/aromatic N) is 3. The quantitative estimate of drug-likeness (QED) is 0.472. The molecule has 0 spiro atoms. The predicted molar refractivity (Wildman–Crippen MR) is 121 cm³/mol. The van der Waals surface area contributed by atoms with E-state index in [2.05, 4.69) is 26.8 Å². The average molecular weight is 432 g/mol. The lowest BCUT2D eigenvalue weighted by Crippen LogP contribution is -2.15. The molecule has 31 heavy (non-hydrogen) atoms. The highest BCUT2D eigenvalue weighted by atomic mass is 32.1. The van der Waals surface area contributed by atoms with Crippen molar-refractivity contribution >= 4 is 45.6 Å². The fraction of sp³-hybridized carbons (Fsp3) is 0.217. The van der Waals surface area contributed by atoms with Crippen molar-refractivity contribution < 1.29 is 9.59 Å². The van der Waals surface area contributed by atoms with E-state index in [4.69, 9.17) is 0 Å². The molecular formula is C23H21N5O2S. The Bertz CT molecular complexity index is 1270. The van der Waals surface area contributed by atoms with Gasteiger partial charge in [-0.2, -0.15) is 5.10 Å². The number of hydrogen-bond acceptors (Lipinski definition) is 5. The summed E-state index contributed by atoms with van der Waals surface area (Å²) in [6, 6.07) is 13.0. The number of aromatic nitrogens is 3. The van der Waals surface area contributed by atoms with Gasteiger partial charge in [0, 0.05) is 27.9 Å². The molecule has 156 valence electrons. The molecule has 3 heterocycles. The van der Waals surface area contributed by atoms with E-state index < -0.39 is 0 Å². The molecule has 0 radical (unpaired) electrons. The Balaban J connectivity index is 1.39. The van der Waals surface area contributed by atoms with Crippen LogP contribution in [0.4, 0.5) is 11.4 Å². The Hall–Kier alpha value is -3.52. The van der Waals surface area contributed by atoms with Crippen molar-refractivity contribution in [2.24, 2.45) is 5.92 Å². The van der Waals surface area contributed by atoms with Crippen LogP contribution in [0, 0.1) is 12.8 Å². The molecule has 1 saturated carbocycles. The molecule has 1 aliphatic carbocycles. The van der Waals surface area contributed by atoms with Crippen LogP contribution in [0.5, 0.6) is 0 Å². The van der Waals surface area contributed by atoms with Gasteiger partial charge in [-0.25, -0.2) is 9.67 Å². The van der Waals surface area contributed by atoms with Gasteiger partial charge in [-0.3, -0.25) is 9.59 Å². The lowest BCUT2D eigenvalue weighted by Gasteiger charge is -2.10. The zero-order valence-electron chi connectivity index (χ0n) is 17.0. The molecule has 1 aliphatic rings. The number of hydrogen-bond donors (Lipinski definition) is 2. The van der Waals surface area contributed by atoms with Crippen LogP contribution in [0.2, 0.25) is 0 Å². The van der Waals surface area contributed by atoms with E-state index in [1.54, 1.807) is 35.7 Å². The number of carbonyl (C=O) groups excluding carboxylic acids is 2. The van der Waals surface area contributed by atoms with Gasteiger partial charge in [0.05, 0.1) is 23.7 Å². The molecule has 8 heteroatoms. The highest BCUT2D eigenvalue weighted by Crippen LogP contribution is 2.30. The summed E-state index contributed by atoms with van der Waals surface area (Å²) in [6.07, 6.45) is 3.58. The van der Waals surface area contributed by atoms with Gasteiger partial charge >= 0.3 is 0 Å². The molecule has 0 unspecified atom stereocenters. The predicted octanol–water partition coefficient (Wildman–Crippen LogP) is 4.45. The van der Waals surface area contributed by atoms with Crippen molar-refractivity contribution in [3.8, 4) is 0 Å². The van der Waals surface area contributed by atoms with E-state index >= 15 is 0 Å². The number of thiophene rings is 1. The van der Waals surface area contributed by atoms with E-state index in [1.807, 2.05) is 35.2 Å². The molecule has 3 aromatic heterocycles. The largest absolute Gasteiger partial charge is 0.326 e. The van der Waals surface area contributed by atoms with E-state index in [0.717, 1.165) is 18.5 Å². The summed E-state index contributed by atoms with van der Waals surface area (Å²) in [5.41, 5.74) is 3.24. The Labute approximate surface area is 183 Å². The second-order valence-electron chi connectivity index (χ2n) is 7.73. The first-order valence-corrected chi connectivity index (χ1v) is 11.0. The number of rotatable bonds is 6. The zero-order valence-corrected chi connectivity index (χ0v) is 17.8. The highest BCUT2D eigenvalue weighted by molar-refractivity contribution is 7.09. The number of nitrogens with one attached hydrogen (secondary N) is 2. The number of pyridine rings is 1. The molecule has 0 bridgehead atoms. The van der Waals surface area contributed by atoms with Crippen molar-refractivity contribution in [3.63, 3.8) is 0 Å². The molecule has 5 rings (SSSR count). The minimum absolute atomic E-state index is 0.0353. The number of amides is 2. The summed E-state index contributed by atoms with van der Waals surface area (Å²) < 4.78 is 1.82. The van der Waals surface area contributed by atoms with Crippen LogP contribution in [0.25, 0.3) is 11.0 Å². The summed E-state index contributed by atoms with van der Waals surface area (Å²) in [5, 5.41) is 13.0. The highest BCUT2D eigenvalue weighted by Gasteiger charge is 2.29. The van der Waals surface area contributed by atoms with Crippen molar-refractivity contribution in [2.75, 3.05) is 10.6 Å². The van der Waals surface area contributed by atoms with Crippen LogP contribution in [-0.2, 0) is 11.3 Å². The molecule has 1 fully saturated rings. The van der Waals surface area contributed by atoms with Crippen LogP contribution in [0.15, 0.2) is 54.0 Å². The SMILES string of the molecule is Cc1cc(C(=O)Nc2cccc(NC(=O)C3CC3)c2)c2cnn(Cc3cccs3)c2n1. The van der Waals surface area contributed by atoms with Gasteiger partial charge in [-0.05, 0) is 55.5 Å². The van der Waals surface area contributed by atoms with Crippen LogP contribution < -0.4 is 10.6 Å². The Kier molecular flexibility index (Phi) is 4.99. The molecule has 1 aromatic carbocycles. The fourth-order valence-electron chi connectivity index (χ4n) is 3.49. The molecule has 4 aromatic rings. The topological polar surface area (TPSA) is 88.9 Å². The minimum Gasteiger partial charge on any atom is -0.326 e. The molecular weight excluding hydrogens is 410 g/mol. The van der Waals surface area contributed by atoms with E-state index in [1.165, 1.54) is 4.88 Å². The molecule has 7 nitrogen and oxygen atoms in total. The number of fused-ring (bicyclic) bond motifs is 1. The standard InChI is InChI=1S/C23H21N5O2S/c1-14-10-19(20-12-24-28(21(20)25-14)13-18-6-3-9-31-18)23(30)27-17-5-2-4-16(11-17)26-22(29)15-7-8-15/h2-6,9-12,15H,7-8,13H2,1H3,(H,26,29)(H,27,30). The van der Waals surface area contributed by atoms with Gasteiger partial charge < -0.3 is 10.6 Å². The summed E-state index contributed by atoms with van der Waals surface area (Å²) >= 11 is 1.66. The number of benzene rings is 1. The number of aryl methyl sites for hydroxylation is 1. The Morgan fingerprint density at radius 1 is 1.13 bits per heavy atom. The van der Waals surface area contributed by atoms with Crippen LogP contribution in [0.3, 0.4) is 0 Å². The first kappa shape index (κ1) is 19.4. The number of anilines is 2. The third kappa shape index (κ3) is 4.20. The first-order valence-electron chi connectivity index (χ1n) is 10.1. The van der Waals surface area contributed by atoms with Crippen molar-refractivity contribution in [1.29, 1.82) is 0 Å². The summed E-state index contributed by atoms with van der Waals surface area (Å²) in [5.74, 6) is -0.0815. The third-order valence-electron chi connectivity index (χ3n) is 5.20. The van der Waals surface area contributed by atoms with E-state index in [0.29, 0.717) is 34.5 Å². The number of carbonyl (C=O) groups is 2. The van der Waals surface area contributed by atoms with Gasteiger partial charge in [0.1, 0.15) is 0 Å². The summed E-state index contributed by atoms with van der Waals surface area (Å²) in [4.78, 5) is 30.9. The third-order valence-corrected chi connectivity index (χ3v) is 6.06. The van der Waals surface area contributed by atoms with Crippen LogP contribution in [0.1, 0.15) is 33.8 Å². The maximum Gasteiger partial charge on any atom is 0.256 e. The second-order valence-corrected chi connectivity index (χ2v) is 8.76. The maximum atomic E-state index is 13.1. The average Bonchev–Trinajstić information content (AvgIpc) is 3.35. The Morgan fingerprint density at radius 3 is 2.68 bits per heavy atom. The van der Waals surface area contributed by atoms with E-state index in [-0.39, 0.29) is 17.7 Å². The van der Waals surface area contributed by atoms with Crippen LogP contribution in [-0.4, -0.2) is 26.6 Å². The minimum atomic E-state index is -0.239.